The smallest absolute Gasteiger partial charge is 0.237 e. The fourth-order valence-electron chi connectivity index (χ4n) is 2.30. The first-order chi connectivity index (χ1) is 9.15. The Morgan fingerprint density at radius 2 is 2.05 bits per heavy atom. The highest BCUT2D eigenvalue weighted by Crippen LogP contribution is 2.47. The van der Waals surface area contributed by atoms with Gasteiger partial charge in [-0.05, 0) is 36.7 Å². The Balaban J connectivity index is 1.77. The predicted octanol–water partition coefficient (Wildman–Crippen LogP) is 0.835. The van der Waals surface area contributed by atoms with Crippen LogP contribution in [-0.4, -0.2) is 30.2 Å². The van der Waals surface area contributed by atoms with Gasteiger partial charge in [0.05, 0.1) is 6.04 Å². The Bertz CT molecular complexity index is 415. The Morgan fingerprint density at radius 3 is 2.63 bits per heavy atom. The van der Waals surface area contributed by atoms with Gasteiger partial charge in [0.1, 0.15) is 0 Å². The lowest BCUT2D eigenvalue weighted by Gasteiger charge is -2.17. The lowest BCUT2D eigenvalue weighted by Crippen LogP contribution is -2.44. The van der Waals surface area contributed by atoms with Gasteiger partial charge in [-0.2, -0.15) is 0 Å². The molecule has 0 aromatic heterocycles. The van der Waals surface area contributed by atoms with Gasteiger partial charge in [0.25, 0.3) is 0 Å². The van der Waals surface area contributed by atoms with Crippen LogP contribution in [0.25, 0.3) is 0 Å². The van der Waals surface area contributed by atoms with Crippen LogP contribution in [0.4, 0.5) is 0 Å². The summed E-state index contributed by atoms with van der Waals surface area (Å²) in [4.78, 5) is 11.9. The van der Waals surface area contributed by atoms with Crippen molar-refractivity contribution in [2.24, 2.45) is 11.1 Å². The van der Waals surface area contributed by atoms with E-state index in [0.717, 1.165) is 24.8 Å². The molecule has 0 unspecified atom stereocenters. The largest absolute Gasteiger partial charge is 0.396 e. The second kappa shape index (κ2) is 6.17. The second-order valence-electron chi connectivity index (χ2n) is 5.49. The molecule has 0 spiro atoms. The fraction of sp³-hybridized carbons (Fsp3) is 0.533. The van der Waals surface area contributed by atoms with Crippen molar-refractivity contribution in [3.8, 4) is 0 Å². The van der Waals surface area contributed by atoms with Crippen LogP contribution in [0.3, 0.4) is 0 Å². The van der Waals surface area contributed by atoms with Gasteiger partial charge in [-0.3, -0.25) is 4.79 Å². The highest BCUT2D eigenvalue weighted by atomic mass is 16.3. The van der Waals surface area contributed by atoms with Crippen molar-refractivity contribution in [1.82, 2.24) is 5.32 Å². The number of aliphatic hydroxyl groups excluding tert-OH is 1. The van der Waals surface area contributed by atoms with Gasteiger partial charge in [-0.1, -0.05) is 30.3 Å². The molecule has 2 rings (SSSR count). The molecule has 4 N–H and O–H groups in total. The molecule has 1 aromatic rings. The molecule has 0 aliphatic heterocycles. The Morgan fingerprint density at radius 1 is 1.37 bits per heavy atom. The van der Waals surface area contributed by atoms with Gasteiger partial charge in [0, 0.05) is 13.2 Å². The van der Waals surface area contributed by atoms with E-state index < -0.39 is 6.04 Å². The Kier molecular flexibility index (Phi) is 4.56. The minimum absolute atomic E-state index is 0.104. The van der Waals surface area contributed by atoms with E-state index in [0.29, 0.717) is 13.0 Å². The number of rotatable bonds is 7. The van der Waals surface area contributed by atoms with Crippen LogP contribution in [0.15, 0.2) is 30.3 Å². The molecule has 4 heteroatoms. The summed E-state index contributed by atoms with van der Waals surface area (Å²) in [5, 5.41) is 11.9. The van der Waals surface area contributed by atoms with Crippen LogP contribution in [-0.2, 0) is 11.2 Å². The number of carbonyl (C=O) groups excluding carboxylic acids is 1. The van der Waals surface area contributed by atoms with E-state index in [-0.39, 0.29) is 17.9 Å². The van der Waals surface area contributed by atoms with Crippen molar-refractivity contribution >= 4 is 5.91 Å². The Hall–Kier alpha value is -1.39. The van der Waals surface area contributed by atoms with E-state index >= 15 is 0 Å². The molecule has 1 amide bonds. The van der Waals surface area contributed by atoms with E-state index in [9.17, 15) is 4.79 Å². The van der Waals surface area contributed by atoms with Crippen molar-refractivity contribution in [2.45, 2.75) is 31.7 Å². The molecule has 1 atom stereocenters. The molecular weight excluding hydrogens is 240 g/mol. The molecule has 4 nitrogen and oxygen atoms in total. The third kappa shape index (κ3) is 4.04. The molecule has 0 bridgehead atoms. The van der Waals surface area contributed by atoms with Crippen LogP contribution >= 0.6 is 0 Å². The number of hydrogen-bond acceptors (Lipinski definition) is 3. The number of carbonyl (C=O) groups is 1. The van der Waals surface area contributed by atoms with Crippen molar-refractivity contribution in [2.75, 3.05) is 13.2 Å². The van der Waals surface area contributed by atoms with Gasteiger partial charge in [-0.25, -0.2) is 0 Å². The highest BCUT2D eigenvalue weighted by molar-refractivity contribution is 5.81. The summed E-state index contributed by atoms with van der Waals surface area (Å²) in [6.07, 6.45) is 3.49. The number of nitrogens with one attached hydrogen (secondary N) is 1. The zero-order valence-electron chi connectivity index (χ0n) is 11.1. The van der Waals surface area contributed by atoms with Crippen molar-refractivity contribution in [3.05, 3.63) is 35.9 Å². The lowest BCUT2D eigenvalue weighted by molar-refractivity contribution is -0.122. The van der Waals surface area contributed by atoms with Crippen LogP contribution < -0.4 is 11.1 Å². The van der Waals surface area contributed by atoms with Gasteiger partial charge in [0.15, 0.2) is 0 Å². The first-order valence-electron chi connectivity index (χ1n) is 6.83. The molecule has 1 aliphatic rings. The quantitative estimate of drug-likeness (QED) is 0.681. The van der Waals surface area contributed by atoms with E-state index in [1.165, 1.54) is 0 Å². The fourth-order valence-corrected chi connectivity index (χ4v) is 2.30. The molecule has 1 saturated carbocycles. The van der Waals surface area contributed by atoms with Gasteiger partial charge in [0.2, 0.25) is 5.91 Å². The van der Waals surface area contributed by atoms with Crippen LogP contribution in [0.5, 0.6) is 0 Å². The number of hydrogen-bond donors (Lipinski definition) is 3. The number of benzene rings is 1. The molecule has 19 heavy (non-hydrogen) atoms. The number of nitrogens with two attached hydrogens (primary N) is 1. The molecule has 104 valence electrons. The summed E-state index contributed by atoms with van der Waals surface area (Å²) in [6, 6.07) is 9.27. The summed E-state index contributed by atoms with van der Waals surface area (Å²) in [5.74, 6) is -0.104. The number of aliphatic hydroxyl groups is 1. The van der Waals surface area contributed by atoms with Gasteiger partial charge < -0.3 is 16.2 Å². The first kappa shape index (κ1) is 14.0. The zero-order valence-corrected chi connectivity index (χ0v) is 11.1. The normalized spacial score (nSPS) is 17.8. The standard InChI is InChI=1S/C15H22N2O2/c16-13(10-12-4-2-1-3-5-12)14(19)17-11-15(6-7-15)8-9-18/h1-5,13,18H,6-11,16H2,(H,17,19)/t13-/m1/s1. The maximum absolute atomic E-state index is 11.9. The minimum atomic E-state index is -0.507. The Labute approximate surface area is 114 Å². The van der Waals surface area contributed by atoms with Gasteiger partial charge in [-0.15, -0.1) is 0 Å². The molecule has 1 aromatic carbocycles. The van der Waals surface area contributed by atoms with Crippen LogP contribution in [0.2, 0.25) is 0 Å². The molecule has 0 radical (unpaired) electrons. The molecule has 1 fully saturated rings. The van der Waals surface area contributed by atoms with Crippen molar-refractivity contribution in [1.29, 1.82) is 0 Å². The van der Waals surface area contributed by atoms with Crippen molar-refractivity contribution in [3.63, 3.8) is 0 Å². The molecule has 0 saturated heterocycles. The summed E-state index contributed by atoms with van der Waals surface area (Å²) >= 11 is 0. The van der Waals surface area contributed by atoms with E-state index in [1.807, 2.05) is 30.3 Å². The zero-order chi connectivity index (χ0) is 13.7. The maximum Gasteiger partial charge on any atom is 0.237 e. The SMILES string of the molecule is N[C@H](Cc1ccccc1)C(=O)NCC1(CCO)CC1. The van der Waals surface area contributed by atoms with Gasteiger partial charge >= 0.3 is 0 Å². The van der Waals surface area contributed by atoms with E-state index in [1.54, 1.807) is 0 Å². The summed E-state index contributed by atoms with van der Waals surface area (Å²) in [5.41, 5.74) is 7.12. The summed E-state index contributed by atoms with van der Waals surface area (Å²) < 4.78 is 0. The summed E-state index contributed by atoms with van der Waals surface area (Å²) in [6.45, 7) is 0.820. The lowest BCUT2D eigenvalue weighted by atomic mass is 10.0. The predicted molar refractivity (Wildman–Crippen MR) is 74.5 cm³/mol. The maximum atomic E-state index is 11.9. The summed E-state index contributed by atoms with van der Waals surface area (Å²) in [7, 11) is 0. The topological polar surface area (TPSA) is 75.4 Å². The molecular formula is C15H22N2O2. The van der Waals surface area contributed by atoms with Crippen molar-refractivity contribution < 1.29 is 9.90 Å². The van der Waals surface area contributed by atoms with Crippen LogP contribution in [0.1, 0.15) is 24.8 Å². The number of amides is 1. The highest BCUT2D eigenvalue weighted by Gasteiger charge is 2.42. The monoisotopic (exact) mass is 262 g/mol. The van der Waals surface area contributed by atoms with E-state index in [4.69, 9.17) is 10.8 Å². The average molecular weight is 262 g/mol. The third-order valence-electron chi connectivity index (χ3n) is 3.87. The second-order valence-corrected chi connectivity index (χ2v) is 5.49. The third-order valence-corrected chi connectivity index (χ3v) is 3.87. The van der Waals surface area contributed by atoms with Crippen LogP contribution in [0, 0.1) is 5.41 Å². The molecule has 0 heterocycles. The first-order valence-corrected chi connectivity index (χ1v) is 6.83. The molecule has 1 aliphatic carbocycles. The van der Waals surface area contributed by atoms with E-state index in [2.05, 4.69) is 5.32 Å². The minimum Gasteiger partial charge on any atom is -0.396 e. The average Bonchev–Trinajstić information content (AvgIpc) is 3.18.